The first-order chi connectivity index (χ1) is 18.5. The first-order valence-electron chi connectivity index (χ1n) is 11.9. The number of nitrogens with one attached hydrogen (secondary N) is 1. The maximum absolute atomic E-state index is 14.1. The minimum absolute atomic E-state index is 0.0199. The number of carbonyl (C=O) groups is 2. The molecule has 228 valence electrons. The van der Waals surface area contributed by atoms with Crippen LogP contribution in [-0.4, -0.2) is 69.0 Å². The second-order valence-corrected chi connectivity index (χ2v) is 11.1. The summed E-state index contributed by atoms with van der Waals surface area (Å²) in [6.45, 7) is 4.18. The molecular weight excluding hydrogens is 597 g/mol. The van der Waals surface area contributed by atoms with Crippen LogP contribution in [0.2, 0.25) is 0 Å². The molecule has 0 radical (unpaired) electrons. The van der Waals surface area contributed by atoms with Gasteiger partial charge in [-0.05, 0) is 39.7 Å². The molecule has 3 rings (SSSR count). The zero-order valence-corrected chi connectivity index (χ0v) is 22.4. The van der Waals surface area contributed by atoms with Gasteiger partial charge >= 0.3 is 18.5 Å². The molecule has 0 aliphatic carbocycles. The molecule has 1 atom stereocenters. The van der Waals surface area contributed by atoms with E-state index in [0.717, 1.165) is 0 Å². The highest BCUT2D eigenvalue weighted by molar-refractivity contribution is 7.17. The fourth-order valence-corrected chi connectivity index (χ4v) is 5.19. The lowest BCUT2D eigenvalue weighted by molar-refractivity contribution is -0.376. The van der Waals surface area contributed by atoms with E-state index in [0.29, 0.717) is 12.8 Å². The van der Waals surface area contributed by atoms with Gasteiger partial charge in [-0.1, -0.05) is 12.1 Å². The van der Waals surface area contributed by atoms with Gasteiger partial charge in [-0.15, -0.1) is 11.3 Å². The van der Waals surface area contributed by atoms with Crippen molar-refractivity contribution in [2.24, 2.45) is 0 Å². The minimum atomic E-state index is -6.45. The Balaban J connectivity index is 2.27. The van der Waals surface area contributed by atoms with Gasteiger partial charge < -0.3 is 20.4 Å². The third-order valence-corrected chi connectivity index (χ3v) is 7.41. The van der Waals surface area contributed by atoms with Crippen LogP contribution >= 0.6 is 11.3 Å². The number of hydrogen-bond donors (Lipinski definition) is 3. The van der Waals surface area contributed by atoms with Crippen molar-refractivity contribution < 1.29 is 59.3 Å². The van der Waals surface area contributed by atoms with Crippen molar-refractivity contribution in [1.82, 2.24) is 15.2 Å². The molecule has 0 spiro atoms. The van der Waals surface area contributed by atoms with Crippen LogP contribution in [0.4, 0.5) is 39.5 Å². The van der Waals surface area contributed by atoms with Gasteiger partial charge in [0.1, 0.15) is 5.69 Å². The van der Waals surface area contributed by atoms with Crippen molar-refractivity contribution in [3.63, 3.8) is 0 Å². The van der Waals surface area contributed by atoms with Crippen LogP contribution in [0.1, 0.15) is 65.0 Å². The Morgan fingerprint density at radius 2 is 1.63 bits per heavy atom. The van der Waals surface area contributed by atoms with Gasteiger partial charge in [0.25, 0.3) is 17.4 Å². The molecule has 1 aliphatic heterocycles. The second kappa shape index (κ2) is 10.7. The van der Waals surface area contributed by atoms with Crippen LogP contribution in [0.15, 0.2) is 18.2 Å². The minimum Gasteiger partial charge on any atom is -0.389 e. The summed E-state index contributed by atoms with van der Waals surface area (Å²) in [5, 5.41) is 21.3. The molecule has 17 heteroatoms. The molecule has 0 unspecified atom stereocenters. The number of benzene rings is 1. The average Bonchev–Trinajstić information content (AvgIpc) is 3.45. The summed E-state index contributed by atoms with van der Waals surface area (Å²) in [4.78, 5) is 30.5. The van der Waals surface area contributed by atoms with E-state index in [4.69, 9.17) is 0 Å². The maximum Gasteiger partial charge on any atom is 0.430 e. The molecule has 7 nitrogen and oxygen atoms in total. The van der Waals surface area contributed by atoms with Crippen LogP contribution in [-0.2, 0) is 11.8 Å². The lowest BCUT2D eigenvalue weighted by Crippen LogP contribution is -2.54. The standard InChI is InChI=1S/C24H24F9N3O4S/c1-11-5-4-8-36(11)19(38)15-16(41-18(35-15)17(37)34-10-20(2,3)39)13-7-6-12(9-14(13)22(25,26)27)21(40,23(28,29)30)24(31,32)33/h6-7,9,11,39-40H,4-5,8,10H2,1-3H3,(H,34,37)/t11-/m0/s1. The molecule has 3 N–H and O–H groups in total. The number of aliphatic hydroxyl groups is 2. The highest BCUT2D eigenvalue weighted by Crippen LogP contribution is 2.52. The van der Waals surface area contributed by atoms with Crippen LogP contribution in [0, 0.1) is 0 Å². The van der Waals surface area contributed by atoms with Gasteiger partial charge in [0.2, 0.25) is 0 Å². The summed E-state index contributed by atoms with van der Waals surface area (Å²) in [5.41, 5.74) is -12.9. The Kier molecular flexibility index (Phi) is 8.53. The van der Waals surface area contributed by atoms with Gasteiger partial charge in [0, 0.05) is 30.3 Å². The van der Waals surface area contributed by atoms with Crippen molar-refractivity contribution in [2.75, 3.05) is 13.1 Å². The van der Waals surface area contributed by atoms with Crippen LogP contribution in [0.3, 0.4) is 0 Å². The molecule has 1 aromatic heterocycles. The number of halogens is 9. The summed E-state index contributed by atoms with van der Waals surface area (Å²) in [7, 11) is 0. The number of alkyl halides is 9. The van der Waals surface area contributed by atoms with E-state index in [1.165, 1.54) is 18.7 Å². The molecular formula is C24H24F9N3O4S. The fourth-order valence-electron chi connectivity index (χ4n) is 4.18. The Hall–Kier alpha value is -2.92. The Morgan fingerprint density at radius 1 is 1.05 bits per heavy atom. The van der Waals surface area contributed by atoms with Crippen molar-refractivity contribution in [1.29, 1.82) is 0 Å². The van der Waals surface area contributed by atoms with Gasteiger partial charge in [-0.25, -0.2) is 4.98 Å². The molecule has 1 aliphatic rings. The second-order valence-electron chi connectivity index (χ2n) is 10.1. The van der Waals surface area contributed by atoms with E-state index in [1.807, 2.05) is 0 Å². The van der Waals surface area contributed by atoms with Gasteiger partial charge in [0.15, 0.2) is 5.01 Å². The smallest absolute Gasteiger partial charge is 0.389 e. The van der Waals surface area contributed by atoms with E-state index in [-0.39, 0.29) is 42.6 Å². The molecule has 1 saturated heterocycles. The van der Waals surface area contributed by atoms with Crippen LogP contribution in [0.25, 0.3) is 10.4 Å². The van der Waals surface area contributed by atoms with Crippen molar-refractivity contribution in [3.05, 3.63) is 40.0 Å². The van der Waals surface area contributed by atoms with Gasteiger partial charge in [-0.3, -0.25) is 9.59 Å². The molecule has 0 saturated carbocycles. The number of nitrogens with zero attached hydrogens (tertiary/aromatic N) is 2. The maximum atomic E-state index is 14.1. The van der Waals surface area contributed by atoms with Gasteiger partial charge in [0.05, 0.1) is 16.0 Å². The SMILES string of the molecule is C[C@H]1CCCN1C(=O)c1nc(C(=O)NCC(C)(C)O)sc1-c1ccc(C(O)(C(F)(F)F)C(F)(F)F)cc1C(F)(F)F. The lowest BCUT2D eigenvalue weighted by atomic mass is 9.88. The Labute approximate surface area is 231 Å². The monoisotopic (exact) mass is 621 g/mol. The third-order valence-electron chi connectivity index (χ3n) is 6.33. The number of carbonyl (C=O) groups excluding carboxylic acids is 2. The van der Waals surface area contributed by atoms with Gasteiger partial charge in [-0.2, -0.15) is 39.5 Å². The first kappa shape index (κ1) is 32.6. The topological polar surface area (TPSA) is 103 Å². The molecule has 0 bridgehead atoms. The van der Waals surface area contributed by atoms with Crippen molar-refractivity contribution in [3.8, 4) is 10.4 Å². The Bertz CT molecular complexity index is 1300. The quantitative estimate of drug-likeness (QED) is 0.382. The number of thiazole rings is 1. The predicted molar refractivity (Wildman–Crippen MR) is 127 cm³/mol. The summed E-state index contributed by atoms with van der Waals surface area (Å²) in [6.07, 6.45) is -17.4. The van der Waals surface area contributed by atoms with E-state index >= 15 is 0 Å². The summed E-state index contributed by atoms with van der Waals surface area (Å²) < 4.78 is 123. The lowest BCUT2D eigenvalue weighted by Gasteiger charge is -2.33. The van der Waals surface area contributed by atoms with E-state index in [9.17, 15) is 59.3 Å². The summed E-state index contributed by atoms with van der Waals surface area (Å²) in [6, 6.07) is -0.581. The summed E-state index contributed by atoms with van der Waals surface area (Å²) >= 11 is 0.255. The van der Waals surface area contributed by atoms with E-state index in [1.54, 1.807) is 6.92 Å². The molecule has 2 aromatic rings. The number of hydrogen-bond acceptors (Lipinski definition) is 6. The Morgan fingerprint density at radius 3 is 2.10 bits per heavy atom. The third kappa shape index (κ3) is 6.45. The number of rotatable bonds is 6. The molecule has 41 heavy (non-hydrogen) atoms. The summed E-state index contributed by atoms with van der Waals surface area (Å²) in [5.74, 6) is -1.90. The zero-order valence-electron chi connectivity index (χ0n) is 21.6. The first-order valence-corrected chi connectivity index (χ1v) is 12.7. The molecule has 1 fully saturated rings. The van der Waals surface area contributed by atoms with E-state index in [2.05, 4.69) is 10.3 Å². The molecule has 1 aromatic carbocycles. The van der Waals surface area contributed by atoms with Crippen LogP contribution in [0.5, 0.6) is 0 Å². The number of aromatic nitrogens is 1. The van der Waals surface area contributed by atoms with Crippen LogP contribution < -0.4 is 5.32 Å². The molecule has 2 heterocycles. The number of likely N-dealkylation sites (tertiary alicyclic amines) is 1. The van der Waals surface area contributed by atoms with E-state index < -0.39 is 79.9 Å². The zero-order chi connectivity index (χ0) is 31.3. The molecule has 2 amide bonds. The normalized spacial score (nSPS) is 17.2. The highest BCUT2D eigenvalue weighted by Gasteiger charge is 2.71. The largest absolute Gasteiger partial charge is 0.430 e. The predicted octanol–water partition coefficient (Wildman–Crippen LogP) is 5.27. The average molecular weight is 622 g/mol. The highest BCUT2D eigenvalue weighted by atomic mass is 32.1. The van der Waals surface area contributed by atoms with Crippen molar-refractivity contribution >= 4 is 23.2 Å². The van der Waals surface area contributed by atoms with Crippen molar-refractivity contribution in [2.45, 2.75) is 69.4 Å². The number of amides is 2. The fraction of sp³-hybridized carbons (Fsp3) is 0.542.